The van der Waals surface area contributed by atoms with Crippen molar-refractivity contribution in [3.63, 3.8) is 0 Å². The highest BCUT2D eigenvalue weighted by Gasteiger charge is 2.20. The Morgan fingerprint density at radius 2 is 1.79 bits per heavy atom. The van der Waals surface area contributed by atoms with E-state index in [0.29, 0.717) is 13.0 Å². The van der Waals surface area contributed by atoms with Crippen LogP contribution in [0.5, 0.6) is 5.75 Å². The summed E-state index contributed by atoms with van der Waals surface area (Å²) < 4.78 is 5.96. The third kappa shape index (κ3) is 4.60. The van der Waals surface area contributed by atoms with Gasteiger partial charge in [0.15, 0.2) is 6.10 Å². The average molecular weight is 325 g/mol. The van der Waals surface area contributed by atoms with Crippen molar-refractivity contribution in [3.05, 3.63) is 65.2 Å². The lowest BCUT2D eigenvalue weighted by Gasteiger charge is -2.20. The number of hydrogen-bond acceptors (Lipinski definition) is 2. The van der Waals surface area contributed by atoms with Crippen molar-refractivity contribution in [2.45, 2.75) is 46.1 Å². The van der Waals surface area contributed by atoms with Crippen LogP contribution in [0.2, 0.25) is 0 Å². The number of nitrogens with one attached hydrogen (secondary N) is 1. The number of aryl methyl sites for hydroxylation is 1. The van der Waals surface area contributed by atoms with Crippen molar-refractivity contribution in [1.82, 2.24) is 5.32 Å². The minimum absolute atomic E-state index is 0.0545. The fourth-order valence-corrected chi connectivity index (χ4v) is 2.59. The molecule has 0 aromatic heterocycles. The van der Waals surface area contributed by atoms with Gasteiger partial charge in [-0.3, -0.25) is 4.79 Å². The first-order valence-electron chi connectivity index (χ1n) is 8.58. The summed E-state index contributed by atoms with van der Waals surface area (Å²) in [7, 11) is 0. The quantitative estimate of drug-likeness (QED) is 0.820. The molecule has 0 bridgehead atoms. The minimum atomic E-state index is -0.464. The molecule has 2 aromatic rings. The van der Waals surface area contributed by atoms with Gasteiger partial charge in [0, 0.05) is 6.54 Å². The van der Waals surface area contributed by atoms with Gasteiger partial charge in [0.25, 0.3) is 5.91 Å². The molecule has 0 unspecified atom stereocenters. The molecule has 24 heavy (non-hydrogen) atoms. The van der Waals surface area contributed by atoms with Gasteiger partial charge in [-0.25, -0.2) is 0 Å². The van der Waals surface area contributed by atoms with Crippen LogP contribution in [-0.2, 0) is 4.79 Å². The predicted octanol–water partition coefficient (Wildman–Crippen LogP) is 4.38. The zero-order valence-corrected chi connectivity index (χ0v) is 15.0. The van der Waals surface area contributed by atoms with Gasteiger partial charge in [-0.05, 0) is 48.9 Å². The Kier molecular flexibility index (Phi) is 6.42. The molecule has 128 valence electrons. The third-order valence-corrected chi connectivity index (χ3v) is 4.44. The molecule has 0 spiro atoms. The lowest BCUT2D eigenvalue weighted by atomic mass is 10.0. The summed E-state index contributed by atoms with van der Waals surface area (Å²) in [6, 6.07) is 16.1. The van der Waals surface area contributed by atoms with Gasteiger partial charge in [0.1, 0.15) is 5.75 Å². The molecule has 3 nitrogen and oxygen atoms in total. The van der Waals surface area contributed by atoms with Crippen LogP contribution >= 0.6 is 0 Å². The Morgan fingerprint density at radius 3 is 2.46 bits per heavy atom. The van der Waals surface area contributed by atoms with Crippen LogP contribution in [0.25, 0.3) is 0 Å². The number of amides is 1. The van der Waals surface area contributed by atoms with Crippen LogP contribution in [-0.4, -0.2) is 18.6 Å². The Labute approximate surface area is 145 Å². The molecular formula is C21H27NO2. The molecular weight excluding hydrogens is 298 g/mol. The molecule has 1 amide bonds. The number of benzene rings is 2. The molecule has 0 aliphatic carbocycles. The van der Waals surface area contributed by atoms with Gasteiger partial charge in [-0.2, -0.15) is 0 Å². The van der Waals surface area contributed by atoms with Gasteiger partial charge in [-0.1, -0.05) is 56.3 Å². The first-order valence-corrected chi connectivity index (χ1v) is 8.58. The zero-order valence-electron chi connectivity index (χ0n) is 15.0. The van der Waals surface area contributed by atoms with E-state index in [1.165, 1.54) is 11.1 Å². The average Bonchev–Trinajstić information content (AvgIpc) is 2.61. The molecule has 0 radical (unpaired) electrons. The van der Waals surface area contributed by atoms with Crippen molar-refractivity contribution >= 4 is 5.91 Å². The Morgan fingerprint density at radius 1 is 1.08 bits per heavy atom. The fourth-order valence-electron chi connectivity index (χ4n) is 2.59. The monoisotopic (exact) mass is 325 g/mol. The van der Waals surface area contributed by atoms with Gasteiger partial charge >= 0.3 is 0 Å². The maximum atomic E-state index is 12.5. The molecule has 2 rings (SSSR count). The molecule has 0 aliphatic rings. The summed E-state index contributed by atoms with van der Waals surface area (Å²) in [5, 5.41) is 3.02. The van der Waals surface area contributed by atoms with E-state index in [4.69, 9.17) is 4.74 Å². The lowest BCUT2D eigenvalue weighted by Crippen LogP contribution is -2.39. The molecule has 2 aromatic carbocycles. The summed E-state index contributed by atoms with van der Waals surface area (Å²) in [6.45, 7) is 8.76. The van der Waals surface area contributed by atoms with Gasteiger partial charge in [-0.15, -0.1) is 0 Å². The number of ether oxygens (including phenoxy) is 1. The van der Waals surface area contributed by atoms with E-state index in [-0.39, 0.29) is 11.8 Å². The van der Waals surface area contributed by atoms with Crippen molar-refractivity contribution in [1.29, 1.82) is 0 Å². The van der Waals surface area contributed by atoms with E-state index >= 15 is 0 Å². The number of carbonyl (C=O) groups is 1. The zero-order chi connectivity index (χ0) is 17.5. The number of hydrogen-bond donors (Lipinski definition) is 1. The van der Waals surface area contributed by atoms with Crippen LogP contribution in [0.4, 0.5) is 0 Å². The summed E-state index contributed by atoms with van der Waals surface area (Å²) in [5.74, 6) is 1.00. The van der Waals surface area contributed by atoms with Crippen LogP contribution < -0.4 is 10.1 Å². The molecule has 2 atom stereocenters. The second-order valence-electron chi connectivity index (χ2n) is 6.27. The Bertz CT molecular complexity index is 667. The molecule has 1 N–H and O–H groups in total. The van der Waals surface area contributed by atoms with E-state index in [1.807, 2.05) is 57.2 Å². The summed E-state index contributed by atoms with van der Waals surface area (Å²) in [4.78, 5) is 12.5. The fraction of sp³-hybridized carbons (Fsp3) is 0.381. The normalized spacial score (nSPS) is 13.2. The molecule has 0 aliphatic heterocycles. The van der Waals surface area contributed by atoms with Crippen LogP contribution in [0.1, 0.15) is 42.9 Å². The third-order valence-electron chi connectivity index (χ3n) is 4.44. The smallest absolute Gasteiger partial charge is 0.261 e. The van der Waals surface area contributed by atoms with Crippen molar-refractivity contribution in [3.8, 4) is 5.75 Å². The Balaban J connectivity index is 1.95. The summed E-state index contributed by atoms with van der Waals surface area (Å²) in [5.41, 5.74) is 3.48. The van der Waals surface area contributed by atoms with Gasteiger partial charge in [0.2, 0.25) is 0 Å². The Hall–Kier alpha value is -2.29. The lowest BCUT2D eigenvalue weighted by molar-refractivity contribution is -0.128. The van der Waals surface area contributed by atoms with E-state index < -0.39 is 6.10 Å². The van der Waals surface area contributed by atoms with E-state index in [1.54, 1.807) is 0 Å². The van der Waals surface area contributed by atoms with Crippen LogP contribution in [0.15, 0.2) is 48.5 Å². The SMILES string of the molecule is CC[C@H](Oc1cccc(C)c1C)C(=O)NC[C@@H](C)c1ccccc1. The van der Waals surface area contributed by atoms with Gasteiger partial charge in [0.05, 0.1) is 0 Å². The largest absolute Gasteiger partial charge is 0.480 e. The van der Waals surface area contributed by atoms with E-state index in [2.05, 4.69) is 24.4 Å². The molecule has 0 heterocycles. The highest BCUT2D eigenvalue weighted by atomic mass is 16.5. The number of rotatable bonds is 7. The maximum Gasteiger partial charge on any atom is 0.261 e. The van der Waals surface area contributed by atoms with Gasteiger partial charge < -0.3 is 10.1 Å². The van der Waals surface area contributed by atoms with Crippen LogP contribution in [0.3, 0.4) is 0 Å². The topological polar surface area (TPSA) is 38.3 Å². The number of carbonyl (C=O) groups excluding carboxylic acids is 1. The van der Waals surface area contributed by atoms with Crippen LogP contribution in [0, 0.1) is 13.8 Å². The highest BCUT2D eigenvalue weighted by Crippen LogP contribution is 2.22. The second kappa shape index (κ2) is 8.53. The van der Waals surface area contributed by atoms with E-state index in [0.717, 1.165) is 11.3 Å². The summed E-state index contributed by atoms with van der Waals surface area (Å²) in [6.07, 6.45) is 0.173. The first kappa shape index (κ1) is 18.1. The first-order chi connectivity index (χ1) is 11.5. The molecule has 0 saturated carbocycles. The minimum Gasteiger partial charge on any atom is -0.480 e. The predicted molar refractivity (Wildman–Crippen MR) is 98.5 cm³/mol. The van der Waals surface area contributed by atoms with E-state index in [9.17, 15) is 4.79 Å². The van der Waals surface area contributed by atoms with Crippen molar-refractivity contribution in [2.75, 3.05) is 6.54 Å². The highest BCUT2D eigenvalue weighted by molar-refractivity contribution is 5.81. The second-order valence-corrected chi connectivity index (χ2v) is 6.27. The molecule has 0 fully saturated rings. The molecule has 3 heteroatoms. The maximum absolute atomic E-state index is 12.5. The molecule has 0 saturated heterocycles. The standard InChI is InChI=1S/C21H27NO2/c1-5-19(24-20-13-9-10-15(2)17(20)4)21(23)22-14-16(3)18-11-7-6-8-12-18/h6-13,16,19H,5,14H2,1-4H3,(H,22,23)/t16-,19+/m1/s1. The van der Waals surface area contributed by atoms with Crippen molar-refractivity contribution in [2.24, 2.45) is 0 Å². The summed E-state index contributed by atoms with van der Waals surface area (Å²) >= 11 is 0. The van der Waals surface area contributed by atoms with Crippen molar-refractivity contribution < 1.29 is 9.53 Å².